The molecule has 0 heterocycles. The Hall–Kier alpha value is -1.24. The highest BCUT2D eigenvalue weighted by atomic mass is 79.9. The minimum absolute atomic E-state index is 0.0153. The summed E-state index contributed by atoms with van der Waals surface area (Å²) in [6.45, 7) is 1.34. The SMILES string of the molecule is COCCNC(=O)CN(C)CC(=O)c1cccc(Br)c1. The summed E-state index contributed by atoms with van der Waals surface area (Å²) >= 11 is 3.33. The van der Waals surface area contributed by atoms with E-state index >= 15 is 0 Å². The molecule has 1 amide bonds. The van der Waals surface area contributed by atoms with Gasteiger partial charge in [-0.25, -0.2) is 0 Å². The van der Waals surface area contributed by atoms with Gasteiger partial charge in [0.05, 0.1) is 19.7 Å². The Kier molecular flexibility index (Phi) is 7.43. The molecule has 1 aromatic rings. The number of ketones is 1. The van der Waals surface area contributed by atoms with E-state index in [1.165, 1.54) is 0 Å². The van der Waals surface area contributed by atoms with Crippen LogP contribution in [0, 0.1) is 0 Å². The largest absolute Gasteiger partial charge is 0.383 e. The van der Waals surface area contributed by atoms with Crippen LogP contribution >= 0.6 is 15.9 Å². The van der Waals surface area contributed by atoms with Crippen molar-refractivity contribution in [1.29, 1.82) is 0 Å². The van der Waals surface area contributed by atoms with Gasteiger partial charge in [-0.15, -0.1) is 0 Å². The molecule has 0 spiro atoms. The number of nitrogens with zero attached hydrogens (tertiary/aromatic N) is 1. The summed E-state index contributed by atoms with van der Waals surface area (Å²) in [5.41, 5.74) is 0.631. The molecule has 0 aromatic heterocycles. The Bertz CT molecular complexity index is 465. The maximum Gasteiger partial charge on any atom is 0.234 e. The fraction of sp³-hybridized carbons (Fsp3) is 0.429. The predicted octanol–water partition coefficient (Wildman–Crippen LogP) is 1.33. The monoisotopic (exact) mass is 342 g/mol. The molecule has 20 heavy (non-hydrogen) atoms. The molecule has 1 rings (SSSR count). The van der Waals surface area contributed by atoms with Crippen molar-refractivity contribution in [2.75, 3.05) is 40.4 Å². The highest BCUT2D eigenvalue weighted by Crippen LogP contribution is 2.12. The topological polar surface area (TPSA) is 58.6 Å². The van der Waals surface area contributed by atoms with E-state index in [4.69, 9.17) is 4.74 Å². The summed E-state index contributed by atoms with van der Waals surface area (Å²) in [5.74, 6) is -0.134. The number of amides is 1. The van der Waals surface area contributed by atoms with E-state index < -0.39 is 0 Å². The Morgan fingerprint density at radius 1 is 1.35 bits per heavy atom. The van der Waals surface area contributed by atoms with Crippen LogP contribution in [0.1, 0.15) is 10.4 Å². The third-order valence-corrected chi connectivity index (χ3v) is 3.10. The van der Waals surface area contributed by atoms with Crippen LogP contribution in [-0.4, -0.2) is 57.0 Å². The fourth-order valence-electron chi connectivity index (χ4n) is 1.65. The number of nitrogens with one attached hydrogen (secondary N) is 1. The van der Waals surface area contributed by atoms with E-state index in [9.17, 15) is 9.59 Å². The zero-order valence-electron chi connectivity index (χ0n) is 11.7. The van der Waals surface area contributed by atoms with Crippen molar-refractivity contribution in [3.05, 3.63) is 34.3 Å². The van der Waals surface area contributed by atoms with Gasteiger partial charge in [0.25, 0.3) is 0 Å². The van der Waals surface area contributed by atoms with Crippen molar-refractivity contribution in [3.63, 3.8) is 0 Å². The summed E-state index contributed by atoms with van der Waals surface area (Å²) in [5, 5.41) is 2.71. The Labute approximate surface area is 127 Å². The van der Waals surface area contributed by atoms with Gasteiger partial charge in [0, 0.05) is 23.7 Å². The average Bonchev–Trinajstić information content (AvgIpc) is 2.38. The molecule has 0 aliphatic heterocycles. The predicted molar refractivity (Wildman–Crippen MR) is 80.9 cm³/mol. The standard InChI is InChI=1S/C14H19BrN2O3/c1-17(10-14(19)16-6-7-20-2)9-13(18)11-4-3-5-12(15)8-11/h3-5,8H,6-7,9-10H2,1-2H3,(H,16,19). The molecule has 0 aliphatic carbocycles. The lowest BCUT2D eigenvalue weighted by Crippen LogP contribution is -2.38. The van der Waals surface area contributed by atoms with Crippen molar-refractivity contribution in [1.82, 2.24) is 10.2 Å². The zero-order chi connectivity index (χ0) is 15.0. The van der Waals surface area contributed by atoms with E-state index in [2.05, 4.69) is 21.2 Å². The molecular formula is C14H19BrN2O3. The maximum absolute atomic E-state index is 12.0. The number of hydrogen-bond acceptors (Lipinski definition) is 4. The molecule has 0 bridgehead atoms. The number of benzene rings is 1. The molecule has 1 aromatic carbocycles. The van der Waals surface area contributed by atoms with Crippen molar-refractivity contribution < 1.29 is 14.3 Å². The molecule has 1 N–H and O–H groups in total. The van der Waals surface area contributed by atoms with Crippen LogP contribution in [0.15, 0.2) is 28.7 Å². The van der Waals surface area contributed by atoms with Crippen molar-refractivity contribution in [2.24, 2.45) is 0 Å². The van der Waals surface area contributed by atoms with Crippen LogP contribution in [0.2, 0.25) is 0 Å². The minimum Gasteiger partial charge on any atom is -0.383 e. The second-order valence-electron chi connectivity index (χ2n) is 4.45. The minimum atomic E-state index is -0.119. The summed E-state index contributed by atoms with van der Waals surface area (Å²) in [7, 11) is 3.32. The lowest BCUT2D eigenvalue weighted by atomic mass is 10.1. The van der Waals surface area contributed by atoms with Gasteiger partial charge in [-0.1, -0.05) is 28.1 Å². The molecule has 0 saturated heterocycles. The summed E-state index contributed by atoms with van der Waals surface area (Å²) in [6.07, 6.45) is 0. The number of ether oxygens (including phenoxy) is 1. The Morgan fingerprint density at radius 2 is 2.10 bits per heavy atom. The average molecular weight is 343 g/mol. The summed E-state index contributed by atoms with van der Waals surface area (Å²) < 4.78 is 5.71. The van der Waals surface area contributed by atoms with Gasteiger partial charge >= 0.3 is 0 Å². The van der Waals surface area contributed by atoms with E-state index in [1.54, 1.807) is 31.2 Å². The van der Waals surface area contributed by atoms with Crippen LogP contribution in [0.3, 0.4) is 0 Å². The van der Waals surface area contributed by atoms with Gasteiger partial charge in [-0.05, 0) is 19.2 Å². The van der Waals surface area contributed by atoms with Crippen LogP contribution in [0.25, 0.3) is 0 Å². The highest BCUT2D eigenvalue weighted by Gasteiger charge is 2.12. The second-order valence-corrected chi connectivity index (χ2v) is 5.36. The molecule has 0 unspecified atom stereocenters. The molecule has 0 saturated carbocycles. The molecule has 0 aliphatic rings. The lowest BCUT2D eigenvalue weighted by molar-refractivity contribution is -0.122. The third-order valence-electron chi connectivity index (χ3n) is 2.60. The van der Waals surface area contributed by atoms with Crippen LogP contribution < -0.4 is 5.32 Å². The number of carbonyl (C=O) groups is 2. The number of halogens is 1. The summed E-state index contributed by atoms with van der Waals surface area (Å²) in [6, 6.07) is 7.22. The number of Topliss-reactive ketones (excluding diaryl/α,β-unsaturated/α-hetero) is 1. The molecule has 0 fully saturated rings. The first-order valence-electron chi connectivity index (χ1n) is 6.26. The van der Waals surface area contributed by atoms with E-state index in [-0.39, 0.29) is 24.8 Å². The number of likely N-dealkylation sites (N-methyl/N-ethyl adjacent to an activating group) is 1. The number of carbonyl (C=O) groups excluding carboxylic acids is 2. The van der Waals surface area contributed by atoms with Gasteiger partial charge < -0.3 is 10.1 Å². The van der Waals surface area contributed by atoms with Gasteiger partial charge in [0.15, 0.2) is 5.78 Å². The fourth-order valence-corrected chi connectivity index (χ4v) is 2.05. The Morgan fingerprint density at radius 3 is 2.75 bits per heavy atom. The molecular weight excluding hydrogens is 324 g/mol. The lowest BCUT2D eigenvalue weighted by Gasteiger charge is -2.15. The molecule has 110 valence electrons. The van der Waals surface area contributed by atoms with Crippen LogP contribution in [-0.2, 0) is 9.53 Å². The van der Waals surface area contributed by atoms with Crippen molar-refractivity contribution >= 4 is 27.6 Å². The number of hydrogen-bond donors (Lipinski definition) is 1. The van der Waals surface area contributed by atoms with Gasteiger partial charge in [0.2, 0.25) is 5.91 Å². The summed E-state index contributed by atoms with van der Waals surface area (Å²) in [4.78, 5) is 25.3. The van der Waals surface area contributed by atoms with Crippen molar-refractivity contribution in [2.45, 2.75) is 0 Å². The van der Waals surface area contributed by atoms with Gasteiger partial charge in [-0.3, -0.25) is 14.5 Å². The molecule has 0 atom stereocenters. The first-order valence-corrected chi connectivity index (χ1v) is 7.05. The number of rotatable bonds is 8. The first-order chi connectivity index (χ1) is 9.52. The van der Waals surface area contributed by atoms with E-state index in [1.807, 2.05) is 12.1 Å². The second kappa shape index (κ2) is 8.84. The normalized spacial score (nSPS) is 10.6. The van der Waals surface area contributed by atoms with Gasteiger partial charge in [0.1, 0.15) is 0 Å². The van der Waals surface area contributed by atoms with E-state index in [0.717, 1.165) is 4.47 Å². The Balaban J connectivity index is 2.40. The van der Waals surface area contributed by atoms with E-state index in [0.29, 0.717) is 18.7 Å². The smallest absolute Gasteiger partial charge is 0.234 e. The molecule has 6 heteroatoms. The van der Waals surface area contributed by atoms with Gasteiger partial charge in [-0.2, -0.15) is 0 Å². The van der Waals surface area contributed by atoms with Crippen LogP contribution in [0.5, 0.6) is 0 Å². The molecule has 5 nitrogen and oxygen atoms in total. The third kappa shape index (κ3) is 6.27. The first kappa shape index (κ1) is 16.8. The highest BCUT2D eigenvalue weighted by molar-refractivity contribution is 9.10. The van der Waals surface area contributed by atoms with Crippen LogP contribution in [0.4, 0.5) is 0 Å². The number of methoxy groups -OCH3 is 1. The van der Waals surface area contributed by atoms with Crippen molar-refractivity contribution in [3.8, 4) is 0 Å². The zero-order valence-corrected chi connectivity index (χ0v) is 13.3. The quantitative estimate of drug-likeness (QED) is 0.572. The molecule has 0 radical (unpaired) electrons. The maximum atomic E-state index is 12.0.